The van der Waals surface area contributed by atoms with Gasteiger partial charge in [-0.2, -0.15) is 0 Å². The molecule has 1 aromatic heterocycles. The molecule has 40 heavy (non-hydrogen) atoms. The third-order valence-corrected chi connectivity index (χ3v) is 7.06. The summed E-state index contributed by atoms with van der Waals surface area (Å²) in [5.41, 5.74) is 6.66. The Morgan fingerprint density at radius 1 is 1.18 bits per heavy atom. The lowest BCUT2D eigenvalue weighted by Crippen LogP contribution is -2.37. The second-order valence-electron chi connectivity index (χ2n) is 11.2. The molecule has 0 aliphatic carbocycles. The lowest BCUT2D eigenvalue weighted by atomic mass is 9.87. The molecule has 3 aromatic rings. The Morgan fingerprint density at radius 3 is 2.42 bits per heavy atom. The van der Waals surface area contributed by atoms with E-state index in [1.165, 1.54) is 0 Å². The Balaban J connectivity index is 2.11. The lowest BCUT2D eigenvalue weighted by Gasteiger charge is -2.35. The first kappa shape index (κ1) is 29.1. The van der Waals surface area contributed by atoms with E-state index in [1.807, 2.05) is 53.4 Å². The molecule has 1 aliphatic rings. The van der Waals surface area contributed by atoms with Crippen molar-refractivity contribution in [2.45, 2.75) is 73.6 Å². The average molecular weight is 545 g/mol. The summed E-state index contributed by atoms with van der Waals surface area (Å²) in [5, 5.41) is 11.5. The lowest BCUT2D eigenvalue weighted by molar-refractivity contribution is -0.160. The van der Waals surface area contributed by atoms with Gasteiger partial charge >= 0.3 is 5.97 Å². The number of carboxylic acid groups (broad SMARTS) is 1. The van der Waals surface area contributed by atoms with E-state index in [9.17, 15) is 9.90 Å². The molecule has 1 N–H and O–H groups in total. The number of rotatable bonds is 7. The van der Waals surface area contributed by atoms with E-state index in [1.54, 1.807) is 6.20 Å². The van der Waals surface area contributed by atoms with Gasteiger partial charge in [0.25, 0.3) is 0 Å². The first-order valence-corrected chi connectivity index (χ1v) is 13.6. The van der Waals surface area contributed by atoms with Crippen molar-refractivity contribution < 1.29 is 19.4 Å². The van der Waals surface area contributed by atoms with E-state index in [0.717, 1.165) is 51.1 Å². The van der Waals surface area contributed by atoms with E-state index in [4.69, 9.17) is 9.47 Å². The number of aryl methyl sites for hydroxylation is 2. The van der Waals surface area contributed by atoms with Crippen molar-refractivity contribution in [2.24, 2.45) is 9.98 Å². The molecule has 2 heterocycles. The number of guanidine groups is 1. The van der Waals surface area contributed by atoms with Gasteiger partial charge in [0.05, 0.1) is 29.6 Å². The van der Waals surface area contributed by atoms with Crippen LogP contribution in [0.5, 0.6) is 0 Å². The quantitative estimate of drug-likeness (QED) is 0.198. The topological polar surface area (TPSA) is 88.7 Å². The van der Waals surface area contributed by atoms with Crippen molar-refractivity contribution in [2.75, 3.05) is 18.1 Å². The van der Waals surface area contributed by atoms with Crippen LogP contribution in [0.25, 0.3) is 22.0 Å². The number of nitrogens with zero attached hydrogens (tertiary/aromatic N) is 4. The van der Waals surface area contributed by atoms with Gasteiger partial charge in [0.2, 0.25) is 5.96 Å². The van der Waals surface area contributed by atoms with Crippen LogP contribution in [0.3, 0.4) is 0 Å². The Bertz CT molecular complexity index is 1510. The molecule has 1 aliphatic heterocycles. The fourth-order valence-corrected chi connectivity index (χ4v) is 5.45. The predicted octanol–water partition coefficient (Wildman–Crippen LogP) is 6.95. The third kappa shape index (κ3) is 5.54. The molecule has 212 valence electrons. The number of hydrogen-bond donors (Lipinski definition) is 1. The number of allylic oxidation sites excluding steroid dienone is 1. The molecule has 0 bridgehead atoms. The van der Waals surface area contributed by atoms with Gasteiger partial charge in [0.1, 0.15) is 5.76 Å². The van der Waals surface area contributed by atoms with Crippen LogP contribution in [-0.4, -0.2) is 47.1 Å². The van der Waals surface area contributed by atoms with Gasteiger partial charge < -0.3 is 24.0 Å². The van der Waals surface area contributed by atoms with Gasteiger partial charge in [-0.05, 0) is 84.9 Å². The second kappa shape index (κ2) is 11.3. The molecule has 1 atom stereocenters. The number of anilines is 1. The highest BCUT2D eigenvalue weighted by Gasteiger charge is 2.36. The molecule has 0 spiro atoms. The molecule has 0 fully saturated rings. The maximum absolute atomic E-state index is 12.9. The van der Waals surface area contributed by atoms with Crippen LogP contribution in [0.4, 0.5) is 5.69 Å². The number of aliphatic imine (C=N–C) groups is 2. The van der Waals surface area contributed by atoms with Crippen molar-refractivity contribution >= 4 is 35.2 Å². The standard InChI is InChI=1S/C32H40N4O4/c1-10-39-21(4)18-34-31(33-9)36-16-15-35-20(3)17-24-26(23-13-11-19(2)12-14-23)25(22(5)27(36)28(24)35)29(30(37)38)40-32(6,7)8/h11-14,17-18,29H,9-10,15-16H2,1-8H3,(H,37,38)/b21-18+,34-31+/t29-/m0/s1. The maximum atomic E-state index is 12.9. The number of ether oxygens (including phenoxy) is 2. The average Bonchev–Trinajstić information content (AvgIpc) is 3.22. The van der Waals surface area contributed by atoms with Crippen LogP contribution in [0.2, 0.25) is 0 Å². The van der Waals surface area contributed by atoms with Crippen LogP contribution in [-0.2, 0) is 20.8 Å². The molecule has 2 aromatic carbocycles. The highest BCUT2D eigenvalue weighted by atomic mass is 16.5. The minimum atomic E-state index is -1.19. The molecular weight excluding hydrogens is 504 g/mol. The van der Waals surface area contributed by atoms with Crippen molar-refractivity contribution in [1.82, 2.24) is 4.57 Å². The van der Waals surface area contributed by atoms with Crippen molar-refractivity contribution in [3.8, 4) is 11.1 Å². The zero-order valence-electron chi connectivity index (χ0n) is 24.8. The van der Waals surface area contributed by atoms with Crippen molar-refractivity contribution in [1.29, 1.82) is 0 Å². The molecule has 8 nitrogen and oxygen atoms in total. The Morgan fingerprint density at radius 2 is 1.85 bits per heavy atom. The van der Waals surface area contributed by atoms with Crippen LogP contribution in [0, 0.1) is 20.8 Å². The SMILES string of the molecule is C=N/C(=N\C=C(/C)OCC)N1CCn2c(C)cc3c(-c4ccc(C)cc4)c([C@H](OC(C)(C)C)C(=O)O)c(C)c1c32. The summed E-state index contributed by atoms with van der Waals surface area (Å²) in [4.78, 5) is 23.8. The van der Waals surface area contributed by atoms with Crippen molar-refractivity contribution in [3.05, 3.63) is 64.7 Å². The van der Waals surface area contributed by atoms with Crippen LogP contribution in [0.15, 0.2) is 52.3 Å². The van der Waals surface area contributed by atoms with Crippen LogP contribution < -0.4 is 4.90 Å². The largest absolute Gasteiger partial charge is 0.497 e. The van der Waals surface area contributed by atoms with E-state index in [2.05, 4.69) is 58.5 Å². The number of carbonyl (C=O) groups is 1. The number of hydrogen-bond acceptors (Lipinski definition) is 4. The van der Waals surface area contributed by atoms with E-state index in [0.29, 0.717) is 30.4 Å². The molecular formula is C32H40N4O4. The van der Waals surface area contributed by atoms with E-state index >= 15 is 0 Å². The number of carboxylic acids is 1. The summed E-state index contributed by atoms with van der Waals surface area (Å²) in [6.45, 7) is 21.1. The van der Waals surface area contributed by atoms with Gasteiger partial charge in [-0.1, -0.05) is 29.8 Å². The minimum Gasteiger partial charge on any atom is -0.497 e. The van der Waals surface area contributed by atoms with Gasteiger partial charge in [-0.3, -0.25) is 0 Å². The Labute approximate surface area is 236 Å². The normalized spacial score (nSPS) is 14.9. The van der Waals surface area contributed by atoms with Crippen LogP contribution in [0.1, 0.15) is 63.1 Å². The number of benzene rings is 2. The van der Waals surface area contributed by atoms with Crippen LogP contribution >= 0.6 is 0 Å². The summed E-state index contributed by atoms with van der Waals surface area (Å²) in [6.07, 6.45) is 0.449. The fourth-order valence-electron chi connectivity index (χ4n) is 5.45. The van der Waals surface area contributed by atoms with Gasteiger partial charge in [0, 0.05) is 29.7 Å². The minimum absolute atomic E-state index is 0.422. The maximum Gasteiger partial charge on any atom is 0.337 e. The third-order valence-electron chi connectivity index (χ3n) is 7.06. The Kier molecular flexibility index (Phi) is 8.21. The first-order valence-electron chi connectivity index (χ1n) is 13.6. The first-order chi connectivity index (χ1) is 18.9. The number of aromatic nitrogens is 1. The summed E-state index contributed by atoms with van der Waals surface area (Å²) >= 11 is 0. The highest BCUT2D eigenvalue weighted by Crippen LogP contribution is 2.48. The molecule has 0 saturated heterocycles. The molecule has 0 amide bonds. The summed E-state index contributed by atoms with van der Waals surface area (Å²) in [7, 11) is 0. The summed E-state index contributed by atoms with van der Waals surface area (Å²) in [5.74, 6) is 0.0512. The molecule has 0 radical (unpaired) electrons. The zero-order chi connectivity index (χ0) is 29.4. The number of aliphatic carboxylic acids is 1. The monoisotopic (exact) mass is 544 g/mol. The molecule has 4 rings (SSSR count). The highest BCUT2D eigenvalue weighted by molar-refractivity contribution is 6.13. The molecule has 0 unspecified atom stereocenters. The molecule has 0 saturated carbocycles. The second-order valence-corrected chi connectivity index (χ2v) is 11.2. The van der Waals surface area contributed by atoms with E-state index < -0.39 is 17.7 Å². The van der Waals surface area contributed by atoms with Gasteiger partial charge in [-0.25, -0.2) is 14.8 Å². The Hall–Kier alpha value is -3.91. The zero-order valence-corrected chi connectivity index (χ0v) is 24.8. The molecule has 8 heteroatoms. The van der Waals surface area contributed by atoms with E-state index in [-0.39, 0.29) is 0 Å². The predicted molar refractivity (Wildman–Crippen MR) is 163 cm³/mol. The summed E-state index contributed by atoms with van der Waals surface area (Å²) in [6, 6.07) is 10.4. The van der Waals surface area contributed by atoms with Crippen molar-refractivity contribution in [3.63, 3.8) is 0 Å². The fraction of sp³-hybridized carbons (Fsp3) is 0.406. The smallest absolute Gasteiger partial charge is 0.337 e. The van der Waals surface area contributed by atoms with Gasteiger partial charge in [-0.15, -0.1) is 0 Å². The van der Waals surface area contributed by atoms with Gasteiger partial charge in [0.15, 0.2) is 6.10 Å². The summed E-state index contributed by atoms with van der Waals surface area (Å²) < 4.78 is 14.1.